The molecule has 186 valence electrons. The topological polar surface area (TPSA) is 197 Å². The Balaban J connectivity index is 1.84. The van der Waals surface area contributed by atoms with Crippen LogP contribution in [0, 0.1) is 12.0 Å². The summed E-state index contributed by atoms with van der Waals surface area (Å²) in [7, 11) is -9.52. The number of azo groups is 1. The molecule has 36 heavy (non-hydrogen) atoms. The van der Waals surface area contributed by atoms with Gasteiger partial charge in [0.2, 0.25) is 5.95 Å². The number of hydrogen-bond acceptors (Lipinski definition) is 10. The summed E-state index contributed by atoms with van der Waals surface area (Å²) in [5.41, 5.74) is 5.41. The summed E-state index contributed by atoms with van der Waals surface area (Å²) >= 11 is 0. The van der Waals surface area contributed by atoms with E-state index in [9.17, 15) is 34.7 Å². The monoisotopic (exact) mass is 536 g/mol. The average Bonchev–Trinajstić information content (AvgIpc) is 2.76. The summed E-state index contributed by atoms with van der Waals surface area (Å²) in [5.74, 6) is -1.47. The van der Waals surface area contributed by atoms with Gasteiger partial charge in [0, 0.05) is 22.5 Å². The number of rotatable bonds is 6. The lowest BCUT2D eigenvalue weighted by molar-refractivity contribution is 0.481. The number of hydrogen-bond donors (Lipinski definition) is 4. The average molecular weight is 536 g/mol. The minimum atomic E-state index is -4.81. The predicted octanol–water partition coefficient (Wildman–Crippen LogP) is 4.14. The summed E-state index contributed by atoms with van der Waals surface area (Å²) in [6.07, 6.45) is -1.35. The van der Waals surface area contributed by atoms with Gasteiger partial charge >= 0.3 is 6.08 Å². The Labute approximate surface area is 202 Å². The van der Waals surface area contributed by atoms with Crippen LogP contribution in [0.15, 0.2) is 74.6 Å². The summed E-state index contributed by atoms with van der Waals surface area (Å²) in [4.78, 5) is 5.00. The molecule has 0 fully saturated rings. The number of nitrogen functional groups attached to an aromatic ring is 1. The smallest absolute Gasteiger partial charge is 0.313 e. The highest BCUT2D eigenvalue weighted by Crippen LogP contribution is 2.38. The minimum Gasteiger partial charge on any atom is -0.396 e. The largest absolute Gasteiger partial charge is 0.396 e. The third kappa shape index (κ3) is 5.25. The van der Waals surface area contributed by atoms with Crippen LogP contribution >= 0.6 is 0 Å². The molecule has 12 nitrogen and oxygen atoms in total. The van der Waals surface area contributed by atoms with E-state index in [1.807, 2.05) is 0 Å². The molecule has 0 saturated carbocycles. The number of nitrogens with zero attached hydrogens (tertiary/aromatic N) is 4. The molecule has 0 aliphatic carbocycles. The van der Waals surface area contributed by atoms with E-state index in [0.717, 1.165) is 30.3 Å². The molecule has 0 radical (unpaired) electrons. The van der Waals surface area contributed by atoms with Crippen molar-refractivity contribution in [3.05, 3.63) is 66.6 Å². The predicted molar refractivity (Wildman–Crippen MR) is 124 cm³/mol. The quantitative estimate of drug-likeness (QED) is 0.0913. The molecule has 0 saturated heterocycles. The first-order chi connectivity index (χ1) is 16.8. The third-order valence-corrected chi connectivity index (χ3v) is 6.54. The van der Waals surface area contributed by atoms with Gasteiger partial charge in [0.15, 0.2) is 0 Å². The van der Waals surface area contributed by atoms with Gasteiger partial charge in [-0.25, -0.2) is 0 Å². The maximum atomic E-state index is 13.4. The zero-order valence-corrected chi connectivity index (χ0v) is 19.3. The van der Waals surface area contributed by atoms with E-state index in [4.69, 9.17) is 5.73 Å². The van der Waals surface area contributed by atoms with Gasteiger partial charge in [0.05, 0.1) is 5.69 Å². The summed E-state index contributed by atoms with van der Waals surface area (Å²) < 4.78 is 93.3. The molecule has 1 aromatic heterocycles. The molecular formula is C20H14F2N6O6S2. The molecule has 4 aromatic rings. The Kier molecular flexibility index (Phi) is 6.35. The lowest BCUT2D eigenvalue weighted by atomic mass is 10.1. The molecule has 4 rings (SSSR count). The lowest BCUT2D eigenvalue weighted by Gasteiger charge is -2.10. The van der Waals surface area contributed by atoms with E-state index in [-0.39, 0.29) is 33.7 Å². The number of halogens is 2. The molecule has 0 aliphatic rings. The highest BCUT2D eigenvalue weighted by atomic mass is 32.2. The van der Waals surface area contributed by atoms with E-state index in [0.29, 0.717) is 0 Å². The third-order valence-electron chi connectivity index (χ3n) is 4.75. The minimum absolute atomic E-state index is 0.0311. The maximum absolute atomic E-state index is 13.4. The van der Waals surface area contributed by atoms with Crippen molar-refractivity contribution in [3.8, 4) is 0 Å². The van der Waals surface area contributed by atoms with E-state index in [1.54, 1.807) is 6.07 Å². The number of anilines is 3. The van der Waals surface area contributed by atoms with Crippen LogP contribution in [-0.4, -0.2) is 35.9 Å². The van der Waals surface area contributed by atoms with Gasteiger partial charge in [-0.05, 0) is 24.3 Å². The molecule has 16 heteroatoms. The van der Waals surface area contributed by atoms with Crippen molar-refractivity contribution < 1.29 is 34.7 Å². The standard InChI is InChI=1S/C20H14F2N6O6S2/c21-17-9-18(26-20(22)25-17)24-10-5-6-15(35(29,30)31)13(7-10)27-28-14-8-16(36(32,33)34)11-3-1-2-4-12(11)19(14)23/h1-9H,23H2,(H,24,25,26)(H,29,30,31)(H,32,33,34)/b28-27+. The molecular weight excluding hydrogens is 522 g/mol. The van der Waals surface area contributed by atoms with Crippen molar-refractivity contribution in [2.45, 2.75) is 9.79 Å². The molecule has 5 N–H and O–H groups in total. The van der Waals surface area contributed by atoms with Crippen LogP contribution in [-0.2, 0) is 20.2 Å². The van der Waals surface area contributed by atoms with Gasteiger partial charge < -0.3 is 11.1 Å². The molecule has 0 atom stereocenters. The van der Waals surface area contributed by atoms with Crippen molar-refractivity contribution in [2.75, 3.05) is 11.1 Å². The van der Waals surface area contributed by atoms with Crippen molar-refractivity contribution in [1.82, 2.24) is 9.97 Å². The first-order valence-corrected chi connectivity index (χ1v) is 12.5. The van der Waals surface area contributed by atoms with Crippen molar-refractivity contribution in [3.63, 3.8) is 0 Å². The van der Waals surface area contributed by atoms with Crippen molar-refractivity contribution in [2.24, 2.45) is 10.2 Å². The number of nitrogens with two attached hydrogens (primary N) is 1. The normalized spacial score (nSPS) is 12.3. The van der Waals surface area contributed by atoms with Gasteiger partial charge in [-0.1, -0.05) is 24.3 Å². The van der Waals surface area contributed by atoms with Gasteiger partial charge in [0.1, 0.15) is 27.0 Å². The van der Waals surface area contributed by atoms with Crippen LogP contribution in [0.25, 0.3) is 10.8 Å². The molecule has 3 aromatic carbocycles. The highest BCUT2D eigenvalue weighted by Gasteiger charge is 2.20. The van der Waals surface area contributed by atoms with E-state index < -0.39 is 47.7 Å². The summed E-state index contributed by atoms with van der Waals surface area (Å²) in [5, 5.41) is 10.5. The van der Waals surface area contributed by atoms with Crippen LogP contribution in [0.2, 0.25) is 0 Å². The van der Waals surface area contributed by atoms with Crippen LogP contribution in [0.3, 0.4) is 0 Å². The number of aromatic nitrogens is 2. The first kappa shape index (κ1) is 25.0. The number of fused-ring (bicyclic) bond motifs is 1. The number of nitrogens with one attached hydrogen (secondary N) is 1. The molecule has 0 aliphatic heterocycles. The molecule has 1 heterocycles. The van der Waals surface area contributed by atoms with Gasteiger partial charge in [-0.2, -0.15) is 35.6 Å². The second-order valence-corrected chi connectivity index (χ2v) is 9.94. The van der Waals surface area contributed by atoms with Crippen molar-refractivity contribution in [1.29, 1.82) is 0 Å². The fraction of sp³-hybridized carbons (Fsp3) is 0. The van der Waals surface area contributed by atoms with Crippen molar-refractivity contribution >= 4 is 59.6 Å². The van der Waals surface area contributed by atoms with Gasteiger partial charge in [-0.15, -0.1) is 10.2 Å². The molecule has 0 bridgehead atoms. The fourth-order valence-corrected chi connectivity index (χ4v) is 4.57. The van der Waals surface area contributed by atoms with Crippen LogP contribution in [0.5, 0.6) is 0 Å². The van der Waals surface area contributed by atoms with Crippen LogP contribution < -0.4 is 11.1 Å². The molecule has 0 amide bonds. The first-order valence-electron chi connectivity index (χ1n) is 9.62. The van der Waals surface area contributed by atoms with Gasteiger partial charge in [0.25, 0.3) is 20.2 Å². The molecule has 0 unspecified atom stereocenters. The second kappa shape index (κ2) is 9.15. The lowest BCUT2D eigenvalue weighted by Crippen LogP contribution is -2.02. The Morgan fingerprint density at radius 1 is 0.806 bits per heavy atom. The zero-order valence-electron chi connectivity index (χ0n) is 17.7. The second-order valence-electron chi connectivity index (χ2n) is 7.16. The number of benzene rings is 3. The van der Waals surface area contributed by atoms with Crippen LogP contribution in [0.1, 0.15) is 0 Å². The molecule has 0 spiro atoms. The Morgan fingerprint density at radius 3 is 2.08 bits per heavy atom. The Hall–Kier alpha value is -4.12. The Bertz CT molecular complexity index is 1740. The van der Waals surface area contributed by atoms with Crippen LogP contribution in [0.4, 0.5) is 37.3 Å². The van der Waals surface area contributed by atoms with Gasteiger partial charge in [-0.3, -0.25) is 9.11 Å². The fourth-order valence-electron chi connectivity index (χ4n) is 3.25. The van der Waals surface area contributed by atoms with E-state index in [2.05, 4.69) is 25.5 Å². The van der Waals surface area contributed by atoms with E-state index in [1.165, 1.54) is 18.2 Å². The highest BCUT2D eigenvalue weighted by molar-refractivity contribution is 7.86. The SMILES string of the molecule is Nc1c(/N=N/c2cc(Nc3cc(F)nc(F)n3)ccc2S(=O)(=O)O)cc(S(=O)(=O)O)c2ccccc12. The Morgan fingerprint density at radius 2 is 1.44 bits per heavy atom. The maximum Gasteiger partial charge on any atom is 0.313 e. The summed E-state index contributed by atoms with van der Waals surface area (Å²) in [6, 6.07) is 10.9. The zero-order chi connectivity index (χ0) is 26.3. The van der Waals surface area contributed by atoms with E-state index >= 15 is 0 Å². The summed E-state index contributed by atoms with van der Waals surface area (Å²) in [6.45, 7) is 0.